The Morgan fingerprint density at radius 2 is 1.63 bits per heavy atom. The van der Waals surface area contributed by atoms with E-state index < -0.39 is 10.0 Å². The highest BCUT2D eigenvalue weighted by atomic mass is 32.2. The van der Waals surface area contributed by atoms with E-state index in [-0.39, 0.29) is 4.90 Å². The van der Waals surface area contributed by atoms with Crippen molar-refractivity contribution in [3.05, 3.63) is 72.1 Å². The van der Waals surface area contributed by atoms with E-state index >= 15 is 0 Å². The molecular formula is C22H26N4O3S. The topological polar surface area (TPSA) is 67.7 Å². The lowest BCUT2D eigenvalue weighted by molar-refractivity contribution is 0.384. The van der Waals surface area contributed by atoms with Crippen LogP contribution in [0.5, 0.6) is 5.75 Å². The minimum Gasteiger partial charge on any atom is -0.497 e. The highest BCUT2D eigenvalue weighted by molar-refractivity contribution is 7.89. The van der Waals surface area contributed by atoms with E-state index in [1.807, 2.05) is 54.6 Å². The molecule has 0 unspecified atom stereocenters. The fourth-order valence-electron chi connectivity index (χ4n) is 3.72. The maximum absolute atomic E-state index is 13.2. The van der Waals surface area contributed by atoms with Crippen molar-refractivity contribution in [2.75, 3.05) is 38.2 Å². The van der Waals surface area contributed by atoms with Gasteiger partial charge in [0.2, 0.25) is 10.0 Å². The third-order valence-corrected chi connectivity index (χ3v) is 7.38. The van der Waals surface area contributed by atoms with E-state index in [0.29, 0.717) is 38.4 Å². The molecule has 1 aliphatic heterocycles. The standard InChI is InChI=1S/C22H26N4O3S/c1-18-22(17-25(23-18)16-19-6-4-3-5-7-19)30(27,28)26-14-12-24(13-15-26)20-8-10-21(29-2)11-9-20/h3-11,17H,12-16H2,1-2H3. The highest BCUT2D eigenvalue weighted by Crippen LogP contribution is 2.24. The van der Waals surface area contributed by atoms with Crippen LogP contribution in [0.15, 0.2) is 65.7 Å². The number of hydrogen-bond donors (Lipinski definition) is 0. The molecule has 0 N–H and O–H groups in total. The zero-order valence-electron chi connectivity index (χ0n) is 17.2. The average Bonchev–Trinajstić information content (AvgIpc) is 3.15. The Hall–Kier alpha value is -2.84. The lowest BCUT2D eigenvalue weighted by atomic mass is 10.2. The van der Waals surface area contributed by atoms with Crippen LogP contribution < -0.4 is 9.64 Å². The first-order chi connectivity index (χ1) is 14.5. The summed E-state index contributed by atoms with van der Waals surface area (Å²) in [6, 6.07) is 17.7. The second-order valence-corrected chi connectivity index (χ2v) is 9.26. The highest BCUT2D eigenvalue weighted by Gasteiger charge is 2.31. The predicted molar refractivity (Wildman–Crippen MR) is 116 cm³/mol. The molecule has 7 nitrogen and oxygen atoms in total. The SMILES string of the molecule is COc1ccc(N2CCN(S(=O)(=O)c3cn(Cc4ccccc4)nc3C)CC2)cc1. The molecule has 2 heterocycles. The monoisotopic (exact) mass is 426 g/mol. The Morgan fingerprint density at radius 3 is 2.27 bits per heavy atom. The average molecular weight is 427 g/mol. The number of anilines is 1. The second kappa shape index (κ2) is 8.49. The van der Waals surface area contributed by atoms with Crippen LogP contribution in [0.1, 0.15) is 11.3 Å². The number of aromatic nitrogens is 2. The van der Waals surface area contributed by atoms with Crippen LogP contribution in [0, 0.1) is 6.92 Å². The van der Waals surface area contributed by atoms with Crippen LogP contribution in [0.3, 0.4) is 0 Å². The van der Waals surface area contributed by atoms with Gasteiger partial charge in [-0.3, -0.25) is 4.68 Å². The van der Waals surface area contributed by atoms with Gasteiger partial charge in [-0.25, -0.2) is 8.42 Å². The molecule has 1 aromatic heterocycles. The minimum atomic E-state index is -3.58. The van der Waals surface area contributed by atoms with Crippen molar-refractivity contribution < 1.29 is 13.2 Å². The van der Waals surface area contributed by atoms with E-state index in [4.69, 9.17) is 4.74 Å². The molecule has 0 spiro atoms. The van der Waals surface area contributed by atoms with Crippen molar-refractivity contribution in [1.29, 1.82) is 0 Å². The zero-order valence-corrected chi connectivity index (χ0v) is 18.0. The molecule has 158 valence electrons. The summed E-state index contributed by atoms with van der Waals surface area (Å²) >= 11 is 0. The summed E-state index contributed by atoms with van der Waals surface area (Å²) in [6.45, 7) is 4.46. The summed E-state index contributed by atoms with van der Waals surface area (Å²) in [5.74, 6) is 0.808. The molecular weight excluding hydrogens is 400 g/mol. The van der Waals surface area contributed by atoms with Gasteiger partial charge < -0.3 is 9.64 Å². The van der Waals surface area contributed by atoms with Gasteiger partial charge in [0, 0.05) is 38.1 Å². The summed E-state index contributed by atoms with van der Waals surface area (Å²) in [5.41, 5.74) is 2.68. The second-order valence-electron chi connectivity index (χ2n) is 7.35. The molecule has 0 amide bonds. The van der Waals surface area contributed by atoms with Gasteiger partial charge in [-0.15, -0.1) is 0 Å². The first-order valence-electron chi connectivity index (χ1n) is 9.94. The fourth-order valence-corrected chi connectivity index (χ4v) is 5.31. The van der Waals surface area contributed by atoms with Gasteiger partial charge in [-0.1, -0.05) is 30.3 Å². The number of piperazine rings is 1. The lowest BCUT2D eigenvalue weighted by Crippen LogP contribution is -2.48. The number of benzene rings is 2. The molecule has 4 rings (SSSR count). The van der Waals surface area contributed by atoms with Crippen LogP contribution >= 0.6 is 0 Å². The van der Waals surface area contributed by atoms with Gasteiger partial charge in [0.25, 0.3) is 0 Å². The number of ether oxygens (including phenoxy) is 1. The summed E-state index contributed by atoms with van der Waals surface area (Å²) in [4.78, 5) is 2.48. The summed E-state index contributed by atoms with van der Waals surface area (Å²) in [7, 11) is -1.94. The maximum Gasteiger partial charge on any atom is 0.246 e. The molecule has 1 aliphatic rings. The summed E-state index contributed by atoms with van der Waals surface area (Å²) in [5, 5.41) is 4.43. The molecule has 1 fully saturated rings. The summed E-state index contributed by atoms with van der Waals surface area (Å²) < 4.78 is 34.9. The van der Waals surface area contributed by atoms with Crippen molar-refractivity contribution in [1.82, 2.24) is 14.1 Å². The number of methoxy groups -OCH3 is 1. The number of sulfonamides is 1. The van der Waals surface area contributed by atoms with Gasteiger partial charge in [0.15, 0.2) is 0 Å². The Kier molecular flexibility index (Phi) is 5.78. The predicted octanol–water partition coefficient (Wildman–Crippen LogP) is 2.76. The summed E-state index contributed by atoms with van der Waals surface area (Å²) in [6.07, 6.45) is 1.65. The molecule has 2 aromatic carbocycles. The minimum absolute atomic E-state index is 0.288. The van der Waals surface area contributed by atoms with Crippen molar-refractivity contribution in [3.63, 3.8) is 0 Å². The normalized spacial score (nSPS) is 15.3. The Labute approximate surface area is 177 Å². The molecule has 0 bridgehead atoms. The van der Waals surface area contributed by atoms with Crippen LogP contribution in [0.4, 0.5) is 5.69 Å². The smallest absolute Gasteiger partial charge is 0.246 e. The molecule has 1 saturated heterocycles. The Bertz CT molecular complexity index is 1090. The van der Waals surface area contributed by atoms with Gasteiger partial charge in [-0.05, 0) is 36.8 Å². The lowest BCUT2D eigenvalue weighted by Gasteiger charge is -2.35. The fraction of sp³-hybridized carbons (Fsp3) is 0.318. The molecule has 0 radical (unpaired) electrons. The van der Waals surface area contributed by atoms with Crippen molar-refractivity contribution in [2.24, 2.45) is 0 Å². The molecule has 0 saturated carbocycles. The first kappa shape index (κ1) is 20.4. The number of rotatable bonds is 6. The largest absolute Gasteiger partial charge is 0.497 e. The molecule has 30 heavy (non-hydrogen) atoms. The first-order valence-corrected chi connectivity index (χ1v) is 11.4. The zero-order chi connectivity index (χ0) is 21.1. The number of aryl methyl sites for hydroxylation is 1. The van der Waals surface area contributed by atoms with Crippen LogP contribution in [-0.4, -0.2) is 55.8 Å². The molecule has 0 aliphatic carbocycles. The van der Waals surface area contributed by atoms with E-state index in [2.05, 4.69) is 10.00 Å². The van der Waals surface area contributed by atoms with E-state index in [9.17, 15) is 8.42 Å². The van der Waals surface area contributed by atoms with Crippen LogP contribution in [-0.2, 0) is 16.6 Å². The van der Waals surface area contributed by atoms with E-state index in [1.165, 1.54) is 0 Å². The van der Waals surface area contributed by atoms with Gasteiger partial charge in [0.05, 0.1) is 19.3 Å². The third-order valence-electron chi connectivity index (χ3n) is 5.38. The number of hydrogen-bond acceptors (Lipinski definition) is 5. The van der Waals surface area contributed by atoms with Gasteiger partial charge >= 0.3 is 0 Å². The van der Waals surface area contributed by atoms with Crippen molar-refractivity contribution in [2.45, 2.75) is 18.4 Å². The number of nitrogens with zero attached hydrogens (tertiary/aromatic N) is 4. The quantitative estimate of drug-likeness (QED) is 0.606. The Morgan fingerprint density at radius 1 is 0.967 bits per heavy atom. The van der Waals surface area contributed by atoms with E-state index in [0.717, 1.165) is 17.0 Å². The molecule has 0 atom stereocenters. The van der Waals surface area contributed by atoms with Gasteiger partial charge in [0.1, 0.15) is 10.6 Å². The van der Waals surface area contributed by atoms with E-state index in [1.54, 1.807) is 29.2 Å². The van der Waals surface area contributed by atoms with Crippen LogP contribution in [0.2, 0.25) is 0 Å². The molecule has 8 heteroatoms. The third kappa shape index (κ3) is 4.20. The maximum atomic E-state index is 13.2. The van der Waals surface area contributed by atoms with Crippen molar-refractivity contribution >= 4 is 15.7 Å². The Balaban J connectivity index is 1.45. The van der Waals surface area contributed by atoms with Gasteiger partial charge in [-0.2, -0.15) is 9.40 Å². The molecule has 3 aromatic rings. The van der Waals surface area contributed by atoms with Crippen molar-refractivity contribution in [3.8, 4) is 5.75 Å². The van der Waals surface area contributed by atoms with Crippen LogP contribution in [0.25, 0.3) is 0 Å².